The zero-order valence-corrected chi connectivity index (χ0v) is 10.1. The Bertz CT molecular complexity index is 269. The largest absolute Gasteiger partial charge is 0.386 e. The van der Waals surface area contributed by atoms with E-state index >= 15 is 0 Å². The van der Waals surface area contributed by atoms with E-state index in [0.29, 0.717) is 0 Å². The molecule has 1 saturated carbocycles. The zero-order chi connectivity index (χ0) is 12.2. The number of nitrogens with one attached hydrogen (secondary N) is 3. The number of hydrogen-bond acceptors (Lipinski definition) is 2. The van der Waals surface area contributed by atoms with Crippen molar-refractivity contribution < 1.29 is 4.79 Å². The first-order valence-electron chi connectivity index (χ1n) is 5.89. The van der Waals surface area contributed by atoms with E-state index in [9.17, 15) is 4.79 Å². The van der Waals surface area contributed by atoms with Gasteiger partial charge < -0.3 is 16.4 Å². The molecule has 1 aliphatic rings. The Morgan fingerprint density at radius 2 is 1.88 bits per heavy atom. The van der Waals surface area contributed by atoms with Gasteiger partial charge in [-0.15, -0.1) is 0 Å². The normalized spacial score (nSPS) is 19.2. The highest BCUT2D eigenvalue weighted by molar-refractivity contribution is 5.91. The molecule has 0 unspecified atom stereocenters. The van der Waals surface area contributed by atoms with Crippen molar-refractivity contribution in [2.45, 2.75) is 57.5 Å². The lowest BCUT2D eigenvalue weighted by Crippen LogP contribution is -2.60. The third-order valence-corrected chi connectivity index (χ3v) is 3.00. The maximum absolute atomic E-state index is 11.7. The van der Waals surface area contributed by atoms with Gasteiger partial charge in [-0.3, -0.25) is 5.41 Å². The van der Waals surface area contributed by atoms with Crippen molar-refractivity contribution in [2.24, 2.45) is 5.73 Å². The van der Waals surface area contributed by atoms with Crippen molar-refractivity contribution in [1.82, 2.24) is 10.6 Å². The minimum atomic E-state index is -0.614. The minimum absolute atomic E-state index is 0.0751. The molecule has 0 aromatic carbocycles. The summed E-state index contributed by atoms with van der Waals surface area (Å²) >= 11 is 0. The van der Waals surface area contributed by atoms with Crippen molar-refractivity contribution in [2.75, 3.05) is 0 Å². The lowest BCUT2D eigenvalue weighted by molar-refractivity contribution is 0.222. The minimum Gasteiger partial charge on any atom is -0.386 e. The molecule has 5 nitrogen and oxygen atoms in total. The number of hydrogen-bond donors (Lipinski definition) is 4. The van der Waals surface area contributed by atoms with Crippen molar-refractivity contribution in [3.8, 4) is 0 Å². The van der Waals surface area contributed by atoms with Gasteiger partial charge >= 0.3 is 6.03 Å². The van der Waals surface area contributed by atoms with Crippen LogP contribution in [0.4, 0.5) is 4.79 Å². The summed E-state index contributed by atoms with van der Waals surface area (Å²) in [5.41, 5.74) is 5.01. The summed E-state index contributed by atoms with van der Waals surface area (Å²) in [4.78, 5) is 11.7. The fraction of sp³-hybridized carbons (Fsp3) is 0.818. The predicted molar refractivity (Wildman–Crippen MR) is 64.5 cm³/mol. The van der Waals surface area contributed by atoms with Crippen LogP contribution in [0.5, 0.6) is 0 Å². The first-order chi connectivity index (χ1) is 7.46. The first kappa shape index (κ1) is 12.8. The molecule has 1 rings (SSSR count). The summed E-state index contributed by atoms with van der Waals surface area (Å²) < 4.78 is 0. The van der Waals surface area contributed by atoms with E-state index in [1.54, 1.807) is 0 Å². The van der Waals surface area contributed by atoms with Crippen molar-refractivity contribution >= 4 is 11.9 Å². The summed E-state index contributed by atoms with van der Waals surface area (Å²) in [5, 5.41) is 13.3. The van der Waals surface area contributed by atoms with Gasteiger partial charge in [0.1, 0.15) is 5.84 Å². The lowest BCUT2D eigenvalue weighted by Gasteiger charge is -2.37. The standard InChI is InChI=1S/C11H22N4O/c1-8(2)14-10(16)15-11(9(12)13)6-4-3-5-7-11/h8H,3-7H2,1-2H3,(H3,12,13)(H2,14,15,16). The molecule has 0 atom stereocenters. The molecule has 0 spiro atoms. The fourth-order valence-corrected chi connectivity index (χ4v) is 2.13. The molecule has 5 heteroatoms. The molecular formula is C11H22N4O. The van der Waals surface area contributed by atoms with Gasteiger partial charge in [-0.2, -0.15) is 0 Å². The smallest absolute Gasteiger partial charge is 0.315 e. The van der Waals surface area contributed by atoms with E-state index in [1.807, 2.05) is 13.8 Å². The Hall–Kier alpha value is -1.26. The molecule has 5 N–H and O–H groups in total. The fourth-order valence-electron chi connectivity index (χ4n) is 2.13. The van der Waals surface area contributed by atoms with Crippen LogP contribution in [0.3, 0.4) is 0 Å². The second-order valence-electron chi connectivity index (χ2n) is 4.81. The van der Waals surface area contributed by atoms with Crippen LogP contribution >= 0.6 is 0 Å². The maximum atomic E-state index is 11.7. The molecule has 1 fully saturated rings. The van der Waals surface area contributed by atoms with Crippen LogP contribution in [0.1, 0.15) is 46.0 Å². The van der Waals surface area contributed by atoms with E-state index in [1.165, 1.54) is 0 Å². The van der Waals surface area contributed by atoms with E-state index in [0.717, 1.165) is 32.1 Å². The average molecular weight is 226 g/mol. The monoisotopic (exact) mass is 226 g/mol. The third kappa shape index (κ3) is 3.12. The Kier molecular flexibility index (Phi) is 4.15. The van der Waals surface area contributed by atoms with Crippen LogP contribution in [0.25, 0.3) is 0 Å². The van der Waals surface area contributed by atoms with Gasteiger partial charge in [0.2, 0.25) is 0 Å². The Morgan fingerprint density at radius 3 is 2.31 bits per heavy atom. The maximum Gasteiger partial charge on any atom is 0.315 e. The second kappa shape index (κ2) is 5.18. The number of rotatable bonds is 3. The molecule has 2 amide bonds. The van der Waals surface area contributed by atoms with Crippen molar-refractivity contribution in [1.29, 1.82) is 5.41 Å². The number of urea groups is 1. The topological polar surface area (TPSA) is 91.0 Å². The molecular weight excluding hydrogens is 204 g/mol. The van der Waals surface area contributed by atoms with Crippen LogP contribution in [-0.2, 0) is 0 Å². The number of amidine groups is 1. The van der Waals surface area contributed by atoms with Gasteiger partial charge in [-0.1, -0.05) is 19.3 Å². The van der Waals surface area contributed by atoms with Crippen LogP contribution in [0.2, 0.25) is 0 Å². The molecule has 0 bridgehead atoms. The molecule has 0 aromatic heterocycles. The summed E-state index contributed by atoms with van der Waals surface area (Å²) in [6.45, 7) is 3.81. The van der Waals surface area contributed by atoms with E-state index in [2.05, 4.69) is 10.6 Å². The third-order valence-electron chi connectivity index (χ3n) is 3.00. The highest BCUT2D eigenvalue weighted by Gasteiger charge is 2.36. The average Bonchev–Trinajstić information content (AvgIpc) is 2.17. The number of carbonyl (C=O) groups excluding carboxylic acids is 1. The molecule has 92 valence electrons. The van der Waals surface area contributed by atoms with Gasteiger partial charge in [0.25, 0.3) is 0 Å². The van der Waals surface area contributed by atoms with Crippen molar-refractivity contribution in [3.63, 3.8) is 0 Å². The number of carbonyl (C=O) groups is 1. The zero-order valence-electron chi connectivity index (χ0n) is 10.1. The second-order valence-corrected chi connectivity index (χ2v) is 4.81. The van der Waals surface area contributed by atoms with Crippen LogP contribution in [0.15, 0.2) is 0 Å². The van der Waals surface area contributed by atoms with Crippen molar-refractivity contribution in [3.05, 3.63) is 0 Å². The lowest BCUT2D eigenvalue weighted by atomic mass is 9.81. The quantitative estimate of drug-likeness (QED) is 0.432. The molecule has 0 aromatic rings. The summed E-state index contributed by atoms with van der Waals surface area (Å²) in [6, 6.07) is -0.139. The SMILES string of the molecule is CC(C)NC(=O)NC1(C(=N)N)CCCCC1. The van der Waals surface area contributed by atoms with Gasteiger partial charge in [-0.25, -0.2) is 4.79 Å². The highest BCUT2D eigenvalue weighted by Crippen LogP contribution is 2.27. The van der Waals surface area contributed by atoms with Crippen LogP contribution in [-0.4, -0.2) is 23.4 Å². The van der Waals surface area contributed by atoms with Gasteiger partial charge in [0.15, 0.2) is 0 Å². The number of amides is 2. The number of nitrogens with two attached hydrogens (primary N) is 1. The molecule has 0 radical (unpaired) electrons. The summed E-state index contributed by atoms with van der Waals surface area (Å²) in [5.74, 6) is 0.0751. The summed E-state index contributed by atoms with van der Waals surface area (Å²) in [6.07, 6.45) is 4.73. The van der Waals surface area contributed by atoms with Gasteiger partial charge in [0.05, 0.1) is 5.54 Å². The van der Waals surface area contributed by atoms with Crippen LogP contribution < -0.4 is 16.4 Å². The first-order valence-corrected chi connectivity index (χ1v) is 5.89. The Balaban J connectivity index is 2.64. The van der Waals surface area contributed by atoms with Gasteiger partial charge in [-0.05, 0) is 26.7 Å². The Morgan fingerprint density at radius 1 is 1.31 bits per heavy atom. The highest BCUT2D eigenvalue weighted by atomic mass is 16.2. The van der Waals surface area contributed by atoms with Crippen LogP contribution in [0, 0.1) is 5.41 Å². The molecule has 0 saturated heterocycles. The molecule has 0 aliphatic heterocycles. The molecule has 1 aliphatic carbocycles. The predicted octanol–water partition coefficient (Wildman–Crippen LogP) is 1.33. The van der Waals surface area contributed by atoms with E-state index in [4.69, 9.17) is 11.1 Å². The van der Waals surface area contributed by atoms with Gasteiger partial charge in [0, 0.05) is 6.04 Å². The van der Waals surface area contributed by atoms with E-state index < -0.39 is 5.54 Å². The summed E-state index contributed by atoms with van der Waals surface area (Å²) in [7, 11) is 0. The Labute approximate surface area is 96.7 Å². The van der Waals surface area contributed by atoms with E-state index in [-0.39, 0.29) is 17.9 Å². The molecule has 0 heterocycles. The molecule has 16 heavy (non-hydrogen) atoms.